The predicted molar refractivity (Wildman–Crippen MR) is 78.3 cm³/mol. The van der Waals surface area contributed by atoms with Crippen molar-refractivity contribution in [2.24, 2.45) is 0 Å². The van der Waals surface area contributed by atoms with Gasteiger partial charge in [0.1, 0.15) is 0 Å². The fraction of sp³-hybridized carbons (Fsp3) is 0.154. The number of nitrogens with zero attached hydrogens (tertiary/aromatic N) is 1. The van der Waals surface area contributed by atoms with Crippen molar-refractivity contribution in [3.8, 4) is 0 Å². The molecular formula is C13H9F3N2O4S2. The molecule has 2 heterocycles. The van der Waals surface area contributed by atoms with E-state index in [1.807, 2.05) is 0 Å². The zero-order chi connectivity index (χ0) is 18.1. The summed E-state index contributed by atoms with van der Waals surface area (Å²) < 4.78 is 62.6. The first-order valence-electron chi connectivity index (χ1n) is 6.22. The molecule has 1 amide bonds. The Balaban J connectivity index is 2.20. The maximum absolute atomic E-state index is 12.3. The number of aromatic nitrogens is 1. The van der Waals surface area contributed by atoms with Gasteiger partial charge < -0.3 is 0 Å². The van der Waals surface area contributed by atoms with E-state index in [4.69, 9.17) is 0 Å². The molecule has 0 bridgehead atoms. The zero-order valence-electron chi connectivity index (χ0n) is 11.9. The third kappa shape index (κ3) is 3.97. The van der Waals surface area contributed by atoms with Crippen molar-refractivity contribution in [3.05, 3.63) is 45.8 Å². The quantitative estimate of drug-likeness (QED) is 0.824. The smallest absolute Gasteiger partial charge is 0.283 e. The van der Waals surface area contributed by atoms with E-state index in [1.54, 1.807) is 11.6 Å². The maximum Gasteiger partial charge on any atom is 0.455 e. The van der Waals surface area contributed by atoms with Crippen LogP contribution < -0.4 is 4.72 Å². The SMILES string of the molecule is Cc1ccc(S(=O)(=O)NC(=O)c2ccc(C(=O)C(F)(F)F)s2)nc1. The Bertz CT molecular complexity index is 887. The highest BCUT2D eigenvalue weighted by molar-refractivity contribution is 7.90. The molecule has 0 aromatic carbocycles. The standard InChI is InChI=1S/C13H9F3N2O4S2/c1-7-2-5-10(17-6-7)24(21,22)18-12(20)9-4-3-8(23-9)11(19)13(14,15)16/h2-6H,1H3,(H,18,20). The number of ketones is 1. The van der Waals surface area contributed by atoms with Crippen LogP contribution in [0, 0.1) is 6.92 Å². The molecule has 11 heteroatoms. The van der Waals surface area contributed by atoms with E-state index in [9.17, 15) is 31.2 Å². The number of sulfonamides is 1. The van der Waals surface area contributed by atoms with E-state index >= 15 is 0 Å². The molecule has 0 unspecified atom stereocenters. The number of carbonyl (C=O) groups excluding carboxylic acids is 2. The summed E-state index contributed by atoms with van der Waals surface area (Å²) in [7, 11) is -4.27. The Morgan fingerprint density at radius 2 is 1.75 bits per heavy atom. The van der Waals surface area contributed by atoms with Crippen LogP contribution in [0.4, 0.5) is 13.2 Å². The van der Waals surface area contributed by atoms with Crippen LogP contribution in [0.5, 0.6) is 0 Å². The molecule has 0 saturated carbocycles. The van der Waals surface area contributed by atoms with Crippen LogP contribution in [-0.4, -0.2) is 31.3 Å². The van der Waals surface area contributed by atoms with Gasteiger partial charge in [0.25, 0.3) is 21.7 Å². The molecule has 0 aliphatic rings. The van der Waals surface area contributed by atoms with Gasteiger partial charge in [-0.05, 0) is 30.7 Å². The van der Waals surface area contributed by atoms with Gasteiger partial charge >= 0.3 is 6.18 Å². The van der Waals surface area contributed by atoms with Gasteiger partial charge in [0.2, 0.25) is 0 Å². The number of nitrogens with one attached hydrogen (secondary N) is 1. The van der Waals surface area contributed by atoms with Crippen molar-refractivity contribution in [3.63, 3.8) is 0 Å². The summed E-state index contributed by atoms with van der Waals surface area (Å²) in [5, 5.41) is -0.412. The number of carbonyl (C=O) groups is 2. The van der Waals surface area contributed by atoms with Crippen LogP contribution in [0.15, 0.2) is 35.5 Å². The molecule has 0 fully saturated rings. The van der Waals surface area contributed by atoms with E-state index in [0.717, 1.165) is 12.1 Å². The highest BCUT2D eigenvalue weighted by Gasteiger charge is 2.40. The molecule has 2 rings (SSSR count). The van der Waals surface area contributed by atoms with Gasteiger partial charge in [0.15, 0.2) is 5.03 Å². The fourth-order valence-corrected chi connectivity index (χ4v) is 3.38. The minimum Gasteiger partial charge on any atom is -0.283 e. The Morgan fingerprint density at radius 1 is 1.12 bits per heavy atom. The fourth-order valence-electron chi connectivity index (χ4n) is 1.56. The Labute approximate surface area is 138 Å². The molecule has 0 aliphatic heterocycles. The second kappa shape index (κ2) is 6.32. The molecule has 1 N–H and O–H groups in total. The van der Waals surface area contributed by atoms with Gasteiger partial charge in [-0.15, -0.1) is 11.3 Å². The monoisotopic (exact) mass is 378 g/mol. The molecular weight excluding hydrogens is 369 g/mol. The van der Waals surface area contributed by atoms with E-state index in [-0.39, 0.29) is 16.2 Å². The molecule has 24 heavy (non-hydrogen) atoms. The summed E-state index contributed by atoms with van der Waals surface area (Å²) in [6.07, 6.45) is -3.79. The Hall–Kier alpha value is -2.27. The molecule has 0 atom stereocenters. The average Bonchev–Trinajstić information content (AvgIpc) is 2.95. The number of Topliss-reactive ketones (excluding diaryl/α,β-unsaturated/α-hetero) is 1. The second-order valence-corrected chi connectivity index (χ2v) is 7.31. The van der Waals surface area contributed by atoms with Crippen molar-refractivity contribution < 1.29 is 31.2 Å². The minimum absolute atomic E-state index is 0.248. The minimum atomic E-state index is -5.07. The van der Waals surface area contributed by atoms with Gasteiger partial charge in [-0.1, -0.05) is 6.07 Å². The molecule has 128 valence electrons. The number of thiophene rings is 1. The van der Waals surface area contributed by atoms with Crippen LogP contribution in [0.3, 0.4) is 0 Å². The van der Waals surface area contributed by atoms with Gasteiger partial charge in [0.05, 0.1) is 9.75 Å². The number of halogens is 3. The lowest BCUT2D eigenvalue weighted by Crippen LogP contribution is -2.30. The van der Waals surface area contributed by atoms with Crippen LogP contribution in [-0.2, 0) is 10.0 Å². The molecule has 0 saturated heterocycles. The molecule has 0 spiro atoms. The lowest BCUT2D eigenvalue weighted by atomic mass is 10.3. The third-order valence-electron chi connectivity index (χ3n) is 2.70. The average molecular weight is 378 g/mol. The number of hydrogen-bond donors (Lipinski definition) is 1. The topological polar surface area (TPSA) is 93.2 Å². The highest BCUT2D eigenvalue weighted by atomic mass is 32.2. The normalized spacial score (nSPS) is 12.0. The van der Waals surface area contributed by atoms with Gasteiger partial charge in [-0.2, -0.15) is 21.6 Å². The first kappa shape index (κ1) is 18.1. The first-order valence-corrected chi connectivity index (χ1v) is 8.52. The molecule has 2 aromatic rings. The molecule has 6 nitrogen and oxygen atoms in total. The first-order chi connectivity index (χ1) is 11.0. The molecule has 0 aliphatic carbocycles. The summed E-state index contributed by atoms with van der Waals surface area (Å²) >= 11 is 0.248. The maximum atomic E-state index is 12.3. The Morgan fingerprint density at radius 3 is 2.29 bits per heavy atom. The number of amides is 1. The summed E-state index contributed by atoms with van der Waals surface area (Å²) in [6.45, 7) is 1.69. The molecule has 2 aromatic heterocycles. The summed E-state index contributed by atoms with van der Waals surface area (Å²) in [5.41, 5.74) is 0.703. The zero-order valence-corrected chi connectivity index (χ0v) is 13.6. The van der Waals surface area contributed by atoms with Crippen LogP contribution in [0.1, 0.15) is 24.9 Å². The van der Waals surface area contributed by atoms with E-state index in [2.05, 4.69) is 4.98 Å². The van der Waals surface area contributed by atoms with Crippen molar-refractivity contribution in [2.75, 3.05) is 0 Å². The predicted octanol–water partition coefficient (Wildman–Crippen LogP) is 2.32. The number of pyridine rings is 1. The number of hydrogen-bond acceptors (Lipinski definition) is 6. The lowest BCUT2D eigenvalue weighted by Gasteiger charge is -2.05. The summed E-state index contributed by atoms with van der Waals surface area (Å²) in [4.78, 5) is 25.6. The van der Waals surface area contributed by atoms with Gasteiger partial charge in [-0.3, -0.25) is 9.59 Å². The summed E-state index contributed by atoms with van der Waals surface area (Å²) in [5.74, 6) is -3.25. The third-order valence-corrected chi connectivity index (χ3v) is 5.03. The van der Waals surface area contributed by atoms with Crippen molar-refractivity contribution in [1.82, 2.24) is 9.71 Å². The van der Waals surface area contributed by atoms with Crippen LogP contribution >= 0.6 is 11.3 Å². The van der Waals surface area contributed by atoms with Crippen molar-refractivity contribution in [1.29, 1.82) is 0 Å². The van der Waals surface area contributed by atoms with Crippen molar-refractivity contribution in [2.45, 2.75) is 18.1 Å². The van der Waals surface area contributed by atoms with Crippen LogP contribution in [0.2, 0.25) is 0 Å². The number of rotatable bonds is 4. The van der Waals surface area contributed by atoms with Gasteiger partial charge in [-0.25, -0.2) is 9.71 Å². The van der Waals surface area contributed by atoms with E-state index < -0.39 is 37.8 Å². The summed E-state index contributed by atoms with van der Waals surface area (Å²) in [6, 6.07) is 4.40. The second-order valence-electron chi connectivity index (χ2n) is 4.60. The van der Waals surface area contributed by atoms with Gasteiger partial charge in [0, 0.05) is 6.20 Å². The van der Waals surface area contributed by atoms with Crippen molar-refractivity contribution >= 4 is 33.1 Å². The van der Waals surface area contributed by atoms with E-state index in [0.29, 0.717) is 5.56 Å². The Kier molecular flexibility index (Phi) is 4.76. The number of aryl methyl sites for hydroxylation is 1. The van der Waals surface area contributed by atoms with E-state index in [1.165, 1.54) is 18.3 Å². The lowest BCUT2D eigenvalue weighted by molar-refractivity contribution is -0.0882. The largest absolute Gasteiger partial charge is 0.455 e. The highest BCUT2D eigenvalue weighted by Crippen LogP contribution is 2.26. The number of alkyl halides is 3. The molecule has 0 radical (unpaired) electrons. The van der Waals surface area contributed by atoms with Crippen LogP contribution in [0.25, 0.3) is 0 Å².